The molecule has 2 fully saturated rings. The van der Waals surface area contributed by atoms with E-state index in [1.54, 1.807) is 12.1 Å². The van der Waals surface area contributed by atoms with Crippen molar-refractivity contribution >= 4 is 0 Å². The zero-order chi connectivity index (χ0) is 16.1. The molecular formula is C18H26F2N2O. The van der Waals surface area contributed by atoms with Crippen molar-refractivity contribution in [3.05, 3.63) is 29.8 Å². The summed E-state index contributed by atoms with van der Waals surface area (Å²) in [6, 6.07) is 7.91. The highest BCUT2D eigenvalue weighted by Crippen LogP contribution is 2.26. The third-order valence-electron chi connectivity index (χ3n) is 5.05. The monoisotopic (exact) mass is 324 g/mol. The lowest BCUT2D eigenvalue weighted by Crippen LogP contribution is -2.36. The number of nitrogens with zero attached hydrogens (tertiary/aromatic N) is 2. The average Bonchev–Trinajstić information content (AvgIpc) is 2.96. The highest BCUT2D eigenvalue weighted by molar-refractivity contribution is 5.33. The smallest absolute Gasteiger partial charge is 0.387 e. The van der Waals surface area contributed by atoms with Crippen LogP contribution in [0.3, 0.4) is 0 Å². The van der Waals surface area contributed by atoms with Gasteiger partial charge in [-0.25, -0.2) is 0 Å². The molecule has 0 N–H and O–H groups in total. The van der Waals surface area contributed by atoms with Crippen molar-refractivity contribution in [2.75, 3.05) is 26.2 Å². The minimum atomic E-state index is -2.77. The minimum absolute atomic E-state index is 0.305. The maximum absolute atomic E-state index is 12.5. The Morgan fingerprint density at radius 2 is 1.78 bits per heavy atom. The number of hydrogen-bond acceptors (Lipinski definition) is 3. The van der Waals surface area contributed by atoms with Crippen molar-refractivity contribution in [3.8, 4) is 5.75 Å². The molecule has 0 aromatic heterocycles. The Bertz CT molecular complexity index is 492. The summed E-state index contributed by atoms with van der Waals surface area (Å²) in [6.07, 6.45) is 6.55. The Morgan fingerprint density at radius 1 is 1.00 bits per heavy atom. The number of hydrogen-bond donors (Lipinski definition) is 0. The Balaban J connectivity index is 1.58. The lowest BCUT2D eigenvalue weighted by Gasteiger charge is -2.27. The van der Waals surface area contributed by atoms with E-state index in [4.69, 9.17) is 0 Å². The van der Waals surface area contributed by atoms with Gasteiger partial charge in [0.05, 0.1) is 0 Å². The van der Waals surface area contributed by atoms with Crippen molar-refractivity contribution in [2.45, 2.75) is 51.3 Å². The number of halogens is 2. The van der Waals surface area contributed by atoms with Crippen LogP contribution < -0.4 is 4.74 Å². The molecule has 5 heteroatoms. The van der Waals surface area contributed by atoms with Gasteiger partial charge < -0.3 is 4.74 Å². The van der Waals surface area contributed by atoms with Gasteiger partial charge in [-0.15, -0.1) is 0 Å². The molecule has 1 heterocycles. The Labute approximate surface area is 137 Å². The van der Waals surface area contributed by atoms with Crippen molar-refractivity contribution in [1.29, 1.82) is 0 Å². The fourth-order valence-electron chi connectivity index (χ4n) is 3.87. The topological polar surface area (TPSA) is 15.7 Å². The van der Waals surface area contributed by atoms with Gasteiger partial charge in [-0.2, -0.15) is 8.78 Å². The molecule has 3 nitrogen and oxygen atoms in total. The zero-order valence-corrected chi connectivity index (χ0v) is 13.6. The van der Waals surface area contributed by atoms with E-state index in [1.165, 1.54) is 25.7 Å². The predicted molar refractivity (Wildman–Crippen MR) is 86.8 cm³/mol. The highest BCUT2D eigenvalue weighted by atomic mass is 19.3. The molecule has 1 saturated heterocycles. The van der Waals surface area contributed by atoms with Crippen LogP contribution in [0.15, 0.2) is 24.3 Å². The first kappa shape index (κ1) is 16.7. The summed E-state index contributed by atoms with van der Waals surface area (Å²) in [5.41, 5.74) is 0.849. The quantitative estimate of drug-likeness (QED) is 0.821. The summed E-state index contributed by atoms with van der Waals surface area (Å²) >= 11 is 0. The zero-order valence-electron chi connectivity index (χ0n) is 13.6. The lowest BCUT2D eigenvalue weighted by atomic mass is 10.2. The summed E-state index contributed by atoms with van der Waals surface area (Å²) in [7, 11) is 0. The fraction of sp³-hybridized carbons (Fsp3) is 0.667. The Kier molecular flexibility index (Phi) is 5.84. The van der Waals surface area contributed by atoms with Gasteiger partial charge >= 0.3 is 6.61 Å². The average molecular weight is 324 g/mol. The molecule has 23 heavy (non-hydrogen) atoms. The van der Waals surface area contributed by atoms with Crippen LogP contribution in [-0.2, 0) is 6.54 Å². The SMILES string of the molecule is FC(F)Oc1ccccc1CN1CCCN(C2CCCC2)CC1. The van der Waals surface area contributed by atoms with Gasteiger partial charge in [0.25, 0.3) is 0 Å². The van der Waals surface area contributed by atoms with Crippen LogP contribution in [0, 0.1) is 0 Å². The third kappa shape index (κ3) is 4.64. The van der Waals surface area contributed by atoms with Crippen molar-refractivity contribution in [2.24, 2.45) is 0 Å². The highest BCUT2D eigenvalue weighted by Gasteiger charge is 2.25. The first-order valence-corrected chi connectivity index (χ1v) is 8.71. The largest absolute Gasteiger partial charge is 0.434 e. The van der Waals surface area contributed by atoms with Gasteiger partial charge in [0.1, 0.15) is 5.75 Å². The van der Waals surface area contributed by atoms with E-state index in [-0.39, 0.29) is 0 Å². The van der Waals surface area contributed by atoms with Crippen LogP contribution in [0.4, 0.5) is 8.78 Å². The van der Waals surface area contributed by atoms with Crippen LogP contribution in [0.1, 0.15) is 37.7 Å². The standard InChI is InChI=1S/C18H26F2N2O/c19-18(20)23-17-9-4-1-6-15(17)14-21-10-5-11-22(13-12-21)16-7-2-3-8-16/h1,4,6,9,16,18H,2-3,5,7-8,10-14H2. The molecular weight excluding hydrogens is 298 g/mol. The first-order chi connectivity index (χ1) is 11.2. The molecule has 3 rings (SSSR count). The number of alkyl halides is 2. The van der Waals surface area contributed by atoms with E-state index in [9.17, 15) is 8.78 Å². The van der Waals surface area contributed by atoms with Gasteiger partial charge in [-0.3, -0.25) is 9.80 Å². The van der Waals surface area contributed by atoms with Crippen LogP contribution in [-0.4, -0.2) is 48.6 Å². The molecule has 0 unspecified atom stereocenters. The number of rotatable bonds is 5. The van der Waals surface area contributed by atoms with E-state index < -0.39 is 6.61 Å². The third-order valence-corrected chi connectivity index (χ3v) is 5.05. The molecule has 0 amide bonds. The normalized spacial score (nSPS) is 21.7. The lowest BCUT2D eigenvalue weighted by molar-refractivity contribution is -0.0507. The summed E-state index contributed by atoms with van der Waals surface area (Å²) < 4.78 is 29.7. The molecule has 2 aliphatic rings. The van der Waals surface area contributed by atoms with E-state index in [1.807, 2.05) is 12.1 Å². The van der Waals surface area contributed by atoms with Gasteiger partial charge in [-0.1, -0.05) is 31.0 Å². The molecule has 1 aromatic carbocycles. The molecule has 0 radical (unpaired) electrons. The second-order valence-electron chi connectivity index (χ2n) is 6.59. The maximum Gasteiger partial charge on any atom is 0.387 e. The van der Waals surface area contributed by atoms with Crippen molar-refractivity contribution < 1.29 is 13.5 Å². The van der Waals surface area contributed by atoms with Gasteiger partial charge in [0.2, 0.25) is 0 Å². The van der Waals surface area contributed by atoms with Crippen molar-refractivity contribution in [3.63, 3.8) is 0 Å². The molecule has 128 valence electrons. The molecule has 1 aromatic rings. The first-order valence-electron chi connectivity index (χ1n) is 8.71. The van der Waals surface area contributed by atoms with Crippen LogP contribution in [0.5, 0.6) is 5.75 Å². The summed E-state index contributed by atoms with van der Waals surface area (Å²) in [6.45, 7) is 2.18. The van der Waals surface area contributed by atoms with Gasteiger partial charge in [-0.05, 0) is 38.4 Å². The number of benzene rings is 1. The Hall–Kier alpha value is -1.20. The van der Waals surface area contributed by atoms with Gasteiger partial charge in [0, 0.05) is 31.2 Å². The van der Waals surface area contributed by atoms with E-state index in [2.05, 4.69) is 14.5 Å². The fourth-order valence-corrected chi connectivity index (χ4v) is 3.87. The van der Waals surface area contributed by atoms with E-state index in [0.29, 0.717) is 12.3 Å². The van der Waals surface area contributed by atoms with Crippen LogP contribution >= 0.6 is 0 Å². The summed E-state index contributed by atoms with van der Waals surface area (Å²) in [4.78, 5) is 5.00. The summed E-state index contributed by atoms with van der Waals surface area (Å²) in [5, 5.41) is 0. The molecule has 0 spiro atoms. The second-order valence-corrected chi connectivity index (χ2v) is 6.59. The van der Waals surface area contributed by atoms with E-state index in [0.717, 1.165) is 44.2 Å². The summed E-state index contributed by atoms with van der Waals surface area (Å²) in [5.74, 6) is 0.305. The minimum Gasteiger partial charge on any atom is -0.434 e. The van der Waals surface area contributed by atoms with Crippen LogP contribution in [0.25, 0.3) is 0 Å². The molecule has 0 atom stereocenters. The molecule has 1 aliphatic carbocycles. The molecule has 1 aliphatic heterocycles. The van der Waals surface area contributed by atoms with Crippen molar-refractivity contribution in [1.82, 2.24) is 9.80 Å². The predicted octanol–water partition coefficient (Wildman–Crippen LogP) is 3.74. The van der Waals surface area contributed by atoms with E-state index >= 15 is 0 Å². The number of ether oxygens (including phenoxy) is 1. The number of para-hydroxylation sites is 1. The Morgan fingerprint density at radius 3 is 2.57 bits per heavy atom. The van der Waals surface area contributed by atoms with Gasteiger partial charge in [0.15, 0.2) is 0 Å². The van der Waals surface area contributed by atoms with Crippen LogP contribution in [0.2, 0.25) is 0 Å². The molecule has 1 saturated carbocycles. The molecule has 0 bridgehead atoms. The maximum atomic E-state index is 12.5. The second kappa shape index (κ2) is 8.06.